The normalized spacial score (nSPS) is 10.7. The number of anilines is 1. The number of benzene rings is 3. The number of rotatable bonds is 7. The Labute approximate surface area is 195 Å². The van der Waals surface area contributed by atoms with Crippen molar-refractivity contribution in [3.63, 3.8) is 0 Å². The van der Waals surface area contributed by atoms with Gasteiger partial charge in [0.15, 0.2) is 5.82 Å². The second kappa shape index (κ2) is 9.41. The van der Waals surface area contributed by atoms with Crippen LogP contribution in [-0.2, 0) is 0 Å². The maximum atomic E-state index is 13.2. The van der Waals surface area contributed by atoms with Crippen molar-refractivity contribution in [2.45, 2.75) is 6.92 Å². The van der Waals surface area contributed by atoms with Crippen molar-refractivity contribution in [1.82, 2.24) is 19.7 Å². The molecule has 0 aliphatic carbocycles. The predicted octanol–water partition coefficient (Wildman–Crippen LogP) is 5.26. The summed E-state index contributed by atoms with van der Waals surface area (Å²) in [5, 5.41) is 8.92. The molecule has 0 unspecified atom stereocenters. The lowest BCUT2D eigenvalue weighted by molar-refractivity contribution is 0.102. The minimum absolute atomic E-state index is 0.242. The minimum Gasteiger partial charge on any atom is -0.493 e. The van der Waals surface area contributed by atoms with Crippen LogP contribution in [-0.4, -0.2) is 32.3 Å². The number of nitrogens with one attached hydrogen (secondary N) is 1. The number of hydrogen-bond acceptors (Lipinski definition) is 6. The summed E-state index contributed by atoms with van der Waals surface area (Å²) in [7, 11) is 0. The van der Waals surface area contributed by atoms with Crippen molar-refractivity contribution < 1.29 is 14.3 Å². The second-order valence-electron chi connectivity index (χ2n) is 7.34. The molecule has 1 N–H and O–H groups in total. The topological polar surface area (TPSA) is 91.2 Å². The van der Waals surface area contributed by atoms with Crippen molar-refractivity contribution in [1.29, 1.82) is 0 Å². The van der Waals surface area contributed by atoms with E-state index in [2.05, 4.69) is 20.4 Å². The number of fused-ring (bicyclic) bond motifs is 1. The Balaban J connectivity index is 1.34. The van der Waals surface area contributed by atoms with Crippen molar-refractivity contribution >= 4 is 22.4 Å². The van der Waals surface area contributed by atoms with Crippen molar-refractivity contribution in [2.24, 2.45) is 0 Å². The lowest BCUT2D eigenvalue weighted by Crippen LogP contribution is -2.14. The molecule has 0 atom stereocenters. The summed E-state index contributed by atoms with van der Waals surface area (Å²) in [5.74, 6) is 1.86. The van der Waals surface area contributed by atoms with Crippen LogP contribution >= 0.6 is 0 Å². The summed E-state index contributed by atoms with van der Waals surface area (Å²) in [4.78, 5) is 21.5. The summed E-state index contributed by atoms with van der Waals surface area (Å²) < 4.78 is 13.2. The summed E-state index contributed by atoms with van der Waals surface area (Å²) >= 11 is 0. The SMILES string of the molecule is CCOc1ccc2ccccc2c1C(=O)Nc1ccc(Oc2cc(-n3cccn3)ncn2)cc1. The van der Waals surface area contributed by atoms with Gasteiger partial charge in [0.25, 0.3) is 5.91 Å². The third-order valence-corrected chi connectivity index (χ3v) is 5.12. The molecule has 5 aromatic rings. The fraction of sp³-hybridized carbons (Fsp3) is 0.0769. The van der Waals surface area contributed by atoms with Crippen molar-refractivity contribution in [3.05, 3.63) is 97.1 Å². The Morgan fingerprint density at radius 1 is 1.00 bits per heavy atom. The number of nitrogens with zero attached hydrogens (tertiary/aromatic N) is 4. The van der Waals surface area contributed by atoms with E-state index in [1.807, 2.05) is 49.4 Å². The van der Waals surface area contributed by atoms with Crippen LogP contribution < -0.4 is 14.8 Å². The van der Waals surface area contributed by atoms with Gasteiger partial charge in [0, 0.05) is 24.1 Å². The monoisotopic (exact) mass is 451 g/mol. The molecule has 0 radical (unpaired) electrons. The molecular formula is C26H21N5O3. The van der Waals surface area contributed by atoms with Gasteiger partial charge in [-0.25, -0.2) is 14.6 Å². The molecule has 8 nitrogen and oxygen atoms in total. The number of hydrogen-bond donors (Lipinski definition) is 1. The number of aromatic nitrogens is 4. The van der Waals surface area contributed by atoms with Crippen LogP contribution in [0.3, 0.4) is 0 Å². The Kier molecular flexibility index (Phi) is 5.85. The average Bonchev–Trinajstić information content (AvgIpc) is 3.41. The molecule has 168 valence electrons. The molecule has 34 heavy (non-hydrogen) atoms. The zero-order chi connectivity index (χ0) is 23.3. The van der Waals surface area contributed by atoms with E-state index in [4.69, 9.17) is 9.47 Å². The molecular weight excluding hydrogens is 430 g/mol. The summed E-state index contributed by atoms with van der Waals surface area (Å²) in [6, 6.07) is 22.1. The Morgan fingerprint density at radius 3 is 2.65 bits per heavy atom. The van der Waals surface area contributed by atoms with Crippen LogP contribution in [0, 0.1) is 0 Å². The van der Waals surface area contributed by atoms with Crippen LogP contribution in [0.4, 0.5) is 5.69 Å². The quantitative estimate of drug-likeness (QED) is 0.363. The van der Waals surface area contributed by atoms with Crippen LogP contribution in [0.5, 0.6) is 17.4 Å². The Morgan fingerprint density at radius 2 is 1.85 bits per heavy atom. The second-order valence-corrected chi connectivity index (χ2v) is 7.34. The maximum absolute atomic E-state index is 13.2. The fourth-order valence-corrected chi connectivity index (χ4v) is 3.60. The number of amides is 1. The van der Waals surface area contributed by atoms with Gasteiger partial charge in [-0.2, -0.15) is 5.10 Å². The molecule has 0 aliphatic heterocycles. The summed E-state index contributed by atoms with van der Waals surface area (Å²) in [6.45, 7) is 2.36. The van der Waals surface area contributed by atoms with E-state index in [1.165, 1.54) is 6.33 Å². The van der Waals surface area contributed by atoms with Crippen LogP contribution in [0.2, 0.25) is 0 Å². The van der Waals surface area contributed by atoms with Gasteiger partial charge in [-0.1, -0.05) is 30.3 Å². The molecule has 0 bridgehead atoms. The van der Waals surface area contributed by atoms with E-state index < -0.39 is 0 Å². The predicted molar refractivity (Wildman–Crippen MR) is 129 cm³/mol. The molecule has 0 saturated carbocycles. The summed E-state index contributed by atoms with van der Waals surface area (Å²) in [5.41, 5.74) is 1.14. The first-order valence-corrected chi connectivity index (χ1v) is 10.8. The first-order chi connectivity index (χ1) is 16.7. The van der Waals surface area contributed by atoms with E-state index >= 15 is 0 Å². The van der Waals surface area contributed by atoms with Gasteiger partial charge < -0.3 is 14.8 Å². The molecule has 1 amide bonds. The van der Waals surface area contributed by atoms with Crippen LogP contribution in [0.1, 0.15) is 17.3 Å². The molecule has 3 aromatic carbocycles. The molecule has 5 rings (SSSR count). The zero-order valence-electron chi connectivity index (χ0n) is 18.4. The minimum atomic E-state index is -0.242. The molecule has 2 heterocycles. The van der Waals surface area contributed by atoms with Crippen LogP contribution in [0.25, 0.3) is 16.6 Å². The highest BCUT2D eigenvalue weighted by Crippen LogP contribution is 2.30. The first kappa shape index (κ1) is 21.1. The summed E-state index contributed by atoms with van der Waals surface area (Å²) in [6.07, 6.45) is 4.88. The van der Waals surface area contributed by atoms with Crippen molar-refractivity contribution in [2.75, 3.05) is 11.9 Å². The third kappa shape index (κ3) is 4.42. The molecule has 0 fully saturated rings. The lowest BCUT2D eigenvalue weighted by atomic mass is 10.0. The van der Waals surface area contributed by atoms with Crippen molar-refractivity contribution in [3.8, 4) is 23.2 Å². The van der Waals surface area contributed by atoms with E-state index in [-0.39, 0.29) is 5.91 Å². The van der Waals surface area contributed by atoms with Gasteiger partial charge in [-0.3, -0.25) is 4.79 Å². The lowest BCUT2D eigenvalue weighted by Gasteiger charge is -2.14. The average molecular weight is 451 g/mol. The maximum Gasteiger partial charge on any atom is 0.260 e. The van der Waals surface area contributed by atoms with Gasteiger partial charge in [0.05, 0.1) is 12.2 Å². The van der Waals surface area contributed by atoms with Gasteiger partial charge in [-0.05, 0) is 54.1 Å². The van der Waals surface area contributed by atoms with Crippen LogP contribution in [0.15, 0.2) is 91.5 Å². The largest absolute Gasteiger partial charge is 0.493 e. The van der Waals surface area contributed by atoms with Gasteiger partial charge in [0.1, 0.15) is 17.8 Å². The number of carbonyl (C=O) groups is 1. The molecule has 0 saturated heterocycles. The van der Waals surface area contributed by atoms with E-state index in [9.17, 15) is 4.79 Å². The number of ether oxygens (including phenoxy) is 2. The first-order valence-electron chi connectivity index (χ1n) is 10.8. The van der Waals surface area contributed by atoms with Gasteiger partial charge in [-0.15, -0.1) is 0 Å². The smallest absolute Gasteiger partial charge is 0.260 e. The highest BCUT2D eigenvalue weighted by molar-refractivity contribution is 6.15. The highest BCUT2D eigenvalue weighted by Gasteiger charge is 2.17. The molecule has 8 heteroatoms. The Bertz CT molecular complexity index is 1430. The van der Waals surface area contributed by atoms with Gasteiger partial charge >= 0.3 is 0 Å². The fourth-order valence-electron chi connectivity index (χ4n) is 3.60. The molecule has 2 aromatic heterocycles. The molecule has 0 aliphatic rings. The molecule has 0 spiro atoms. The highest BCUT2D eigenvalue weighted by atomic mass is 16.5. The Hall–Kier alpha value is -4.72. The number of carbonyl (C=O) groups excluding carboxylic acids is 1. The van der Waals surface area contributed by atoms with Gasteiger partial charge in [0.2, 0.25) is 5.88 Å². The van der Waals surface area contributed by atoms with E-state index in [0.717, 1.165) is 10.8 Å². The standard InChI is InChI=1S/C26H21N5O3/c1-2-33-22-13-8-18-6-3-4-7-21(18)25(22)26(32)30-19-9-11-20(12-10-19)34-24-16-23(27-17-28-24)31-15-5-14-29-31/h3-17H,2H2,1H3,(H,30,32). The van der Waals surface area contributed by atoms with E-state index in [0.29, 0.717) is 41.1 Å². The van der Waals surface area contributed by atoms with E-state index in [1.54, 1.807) is 47.4 Å². The zero-order valence-corrected chi connectivity index (χ0v) is 18.4. The third-order valence-electron chi connectivity index (χ3n) is 5.12.